The van der Waals surface area contributed by atoms with E-state index < -0.39 is 26.5 Å². The highest BCUT2D eigenvalue weighted by Gasteiger charge is 2.43. The zero-order valence-corrected chi connectivity index (χ0v) is 17.3. The Balaban J connectivity index is 3.02. The minimum atomic E-state index is -1.41. The maximum atomic E-state index is 12.9. The molecule has 1 rings (SSSR count). The summed E-state index contributed by atoms with van der Waals surface area (Å²) in [7, 11) is -1.41. The first-order valence-corrected chi connectivity index (χ1v) is 9.85. The maximum absolute atomic E-state index is 12.9. The third kappa shape index (κ3) is 5.59. The largest absolute Gasteiger partial charge is 0.460 e. The minimum absolute atomic E-state index is 0.0712. The molecule has 0 spiro atoms. The van der Waals surface area contributed by atoms with E-state index in [0.29, 0.717) is 4.90 Å². The monoisotopic (exact) mass is 372 g/mol. The second-order valence-electron chi connectivity index (χ2n) is 7.85. The quantitative estimate of drug-likeness (QED) is 0.517. The van der Waals surface area contributed by atoms with Gasteiger partial charge in [0.05, 0.1) is 17.2 Å². The number of benzene rings is 1. The summed E-state index contributed by atoms with van der Waals surface area (Å²) in [6.07, 6.45) is 0.133. The molecule has 1 aromatic rings. The first kappa shape index (κ1) is 21.2. The number of rotatable bonds is 6. The molecule has 0 aliphatic carbocycles. The van der Waals surface area contributed by atoms with E-state index in [9.17, 15) is 9.00 Å². The van der Waals surface area contributed by atoms with Gasteiger partial charge in [-0.05, 0) is 45.7 Å². The van der Waals surface area contributed by atoms with E-state index in [0.717, 1.165) is 5.56 Å². The van der Waals surface area contributed by atoms with E-state index in [1.54, 1.807) is 0 Å². The van der Waals surface area contributed by atoms with Gasteiger partial charge < -0.3 is 4.74 Å². The van der Waals surface area contributed by atoms with Gasteiger partial charge in [0.15, 0.2) is 0 Å². The van der Waals surface area contributed by atoms with Gasteiger partial charge >= 0.3 is 5.97 Å². The summed E-state index contributed by atoms with van der Waals surface area (Å²) in [6, 6.07) is 7.49. The van der Waals surface area contributed by atoms with E-state index >= 15 is 0 Å². The van der Waals surface area contributed by atoms with Gasteiger partial charge in [0, 0.05) is 10.3 Å². The lowest BCUT2D eigenvalue weighted by molar-refractivity contribution is -0.158. The molecule has 0 saturated carbocycles. The molecule has 0 heterocycles. The molecule has 136 valence electrons. The van der Waals surface area contributed by atoms with Gasteiger partial charge in [0.1, 0.15) is 10.3 Å². The van der Waals surface area contributed by atoms with Crippen molar-refractivity contribution < 1.29 is 13.7 Å². The van der Waals surface area contributed by atoms with Crippen molar-refractivity contribution in [2.24, 2.45) is 11.3 Å². The Labute approximate surface area is 153 Å². The molecule has 24 heavy (non-hydrogen) atoms. The van der Waals surface area contributed by atoms with Crippen molar-refractivity contribution in [2.75, 3.05) is 0 Å². The molecule has 0 bridgehead atoms. The second kappa shape index (κ2) is 8.01. The van der Waals surface area contributed by atoms with Crippen molar-refractivity contribution in [1.29, 1.82) is 0 Å². The normalized spacial score (nSPS) is 17.2. The number of ether oxygens (including phenoxy) is 1. The Morgan fingerprint density at radius 1 is 1.17 bits per heavy atom. The highest BCUT2D eigenvalue weighted by molar-refractivity contribution is 7.87. The number of hydrogen-bond acceptors (Lipinski definition) is 3. The maximum Gasteiger partial charge on any atom is 0.306 e. The fourth-order valence-electron chi connectivity index (χ4n) is 2.27. The molecule has 0 amide bonds. The topological polar surface area (TPSA) is 43.4 Å². The zero-order valence-electron chi connectivity index (χ0n) is 15.7. The first-order chi connectivity index (χ1) is 10.9. The molecule has 0 fully saturated rings. The van der Waals surface area contributed by atoms with Crippen molar-refractivity contribution in [2.45, 2.75) is 70.1 Å². The van der Waals surface area contributed by atoms with E-state index in [2.05, 4.69) is 0 Å². The Morgan fingerprint density at radius 2 is 1.67 bits per heavy atom. The molecule has 0 aliphatic rings. The van der Waals surface area contributed by atoms with Crippen LogP contribution in [0.3, 0.4) is 0 Å². The molecule has 0 aliphatic heterocycles. The van der Waals surface area contributed by atoms with Crippen molar-refractivity contribution in [1.82, 2.24) is 0 Å². The summed E-state index contributed by atoms with van der Waals surface area (Å²) in [6.45, 7) is 13.4. The van der Waals surface area contributed by atoms with Crippen LogP contribution in [0.1, 0.15) is 53.5 Å². The van der Waals surface area contributed by atoms with Crippen LogP contribution in [0.15, 0.2) is 29.2 Å². The third-order valence-corrected chi connectivity index (χ3v) is 6.86. The van der Waals surface area contributed by atoms with Gasteiger partial charge in [-0.2, -0.15) is 0 Å². The number of carbonyl (C=O) groups is 1. The fraction of sp³-hybridized carbons (Fsp3) is 0.632. The van der Waals surface area contributed by atoms with Crippen LogP contribution in [0.4, 0.5) is 0 Å². The van der Waals surface area contributed by atoms with Gasteiger partial charge in [-0.15, -0.1) is 11.6 Å². The summed E-state index contributed by atoms with van der Waals surface area (Å²) in [5.74, 6) is -0.243. The minimum Gasteiger partial charge on any atom is -0.460 e. The van der Waals surface area contributed by atoms with Crippen LogP contribution < -0.4 is 0 Å². The lowest BCUT2D eigenvalue weighted by Crippen LogP contribution is -2.40. The van der Waals surface area contributed by atoms with Gasteiger partial charge in [0.25, 0.3) is 0 Å². The third-order valence-electron chi connectivity index (χ3n) is 4.22. The SMILES string of the molecule is Cc1ccc(S(=O)C(Cl)C(C)(CC(=O)OC(C)(C)C)C(C)C)cc1. The van der Waals surface area contributed by atoms with Crippen LogP contribution in [-0.2, 0) is 20.3 Å². The molecule has 3 unspecified atom stereocenters. The van der Waals surface area contributed by atoms with Crippen LogP contribution in [0.5, 0.6) is 0 Å². The van der Waals surface area contributed by atoms with Crippen LogP contribution >= 0.6 is 11.6 Å². The fourth-order valence-corrected chi connectivity index (χ4v) is 4.40. The summed E-state index contributed by atoms with van der Waals surface area (Å²) in [4.78, 5) is 13.0. The highest BCUT2D eigenvalue weighted by Crippen LogP contribution is 2.41. The van der Waals surface area contributed by atoms with Crippen molar-refractivity contribution in [3.05, 3.63) is 29.8 Å². The average Bonchev–Trinajstić information content (AvgIpc) is 2.44. The van der Waals surface area contributed by atoms with Crippen LogP contribution in [0.2, 0.25) is 0 Å². The van der Waals surface area contributed by atoms with Gasteiger partial charge in [-0.3, -0.25) is 9.00 Å². The number of hydrogen-bond donors (Lipinski definition) is 0. The summed E-state index contributed by atoms with van der Waals surface area (Å²) < 4.78 is 17.7. The molecule has 5 heteroatoms. The summed E-state index contributed by atoms with van der Waals surface area (Å²) in [5.41, 5.74) is -0.0887. The van der Waals surface area contributed by atoms with E-state index in [1.165, 1.54) is 0 Å². The summed E-state index contributed by atoms with van der Waals surface area (Å²) in [5, 5.41) is 0. The lowest BCUT2D eigenvalue weighted by atomic mass is 9.78. The molecular weight excluding hydrogens is 344 g/mol. The Kier molecular flexibility index (Phi) is 7.06. The molecule has 0 radical (unpaired) electrons. The number of aryl methyl sites for hydroxylation is 1. The molecule has 0 saturated heterocycles. The lowest BCUT2D eigenvalue weighted by Gasteiger charge is -2.37. The number of carbonyl (C=O) groups excluding carboxylic acids is 1. The van der Waals surface area contributed by atoms with Crippen LogP contribution in [0, 0.1) is 18.3 Å². The Hall–Kier alpha value is -0.870. The van der Waals surface area contributed by atoms with E-state index in [-0.39, 0.29) is 18.3 Å². The van der Waals surface area contributed by atoms with Gasteiger partial charge in [0.2, 0.25) is 0 Å². The summed E-state index contributed by atoms with van der Waals surface area (Å²) >= 11 is 6.62. The second-order valence-corrected chi connectivity index (χ2v) is 10.1. The predicted molar refractivity (Wildman–Crippen MR) is 101 cm³/mol. The molecular formula is C19H29ClO3S. The van der Waals surface area contributed by atoms with E-state index in [1.807, 2.05) is 72.7 Å². The average molecular weight is 373 g/mol. The zero-order chi connectivity index (χ0) is 18.7. The predicted octanol–water partition coefficient (Wildman–Crippen LogP) is 5.06. The molecule has 3 atom stereocenters. The molecule has 0 N–H and O–H groups in total. The van der Waals surface area contributed by atoms with Crippen LogP contribution in [0.25, 0.3) is 0 Å². The van der Waals surface area contributed by atoms with Crippen molar-refractivity contribution in [3.63, 3.8) is 0 Å². The number of halogens is 1. The number of esters is 1. The highest BCUT2D eigenvalue weighted by atomic mass is 35.5. The molecule has 3 nitrogen and oxygen atoms in total. The standard InChI is InChI=1S/C19H29ClO3S/c1-13(2)19(7,12-16(21)23-18(4,5)6)17(20)24(22)15-10-8-14(3)9-11-15/h8-11,13,17H,12H2,1-7H3. The Bertz CT molecular complexity index is 590. The van der Waals surface area contributed by atoms with Crippen LogP contribution in [-0.4, -0.2) is 20.5 Å². The van der Waals surface area contributed by atoms with E-state index in [4.69, 9.17) is 16.3 Å². The molecule has 1 aromatic carbocycles. The molecule has 0 aromatic heterocycles. The first-order valence-electron chi connectivity index (χ1n) is 8.20. The van der Waals surface area contributed by atoms with Gasteiger partial charge in [-0.1, -0.05) is 38.5 Å². The smallest absolute Gasteiger partial charge is 0.306 e. The van der Waals surface area contributed by atoms with Crippen molar-refractivity contribution >= 4 is 28.4 Å². The van der Waals surface area contributed by atoms with Crippen molar-refractivity contribution in [3.8, 4) is 0 Å². The number of alkyl halides is 1. The van der Waals surface area contributed by atoms with Gasteiger partial charge in [-0.25, -0.2) is 0 Å². The Morgan fingerprint density at radius 3 is 2.08 bits per heavy atom.